The number of H-pyrrole nitrogens is 1. The Kier molecular flexibility index (Phi) is 11.9. The quantitative estimate of drug-likeness (QED) is 0.148. The lowest BCUT2D eigenvalue weighted by Crippen LogP contribution is -2.09. The minimum atomic E-state index is 0.675. The first kappa shape index (κ1) is 45.3. The van der Waals surface area contributed by atoms with Gasteiger partial charge in [0, 0.05) is 67.2 Å². The van der Waals surface area contributed by atoms with Crippen LogP contribution in [-0.4, -0.2) is 4.98 Å². The van der Waals surface area contributed by atoms with Gasteiger partial charge in [-0.3, -0.25) is 0 Å². The minimum absolute atomic E-state index is 0.675. The molecule has 1 heterocycles. The van der Waals surface area contributed by atoms with Gasteiger partial charge in [-0.2, -0.15) is 0 Å². The molecule has 1 aromatic heterocycles. The zero-order chi connectivity index (χ0) is 49.5. The van der Waals surface area contributed by atoms with Gasteiger partial charge in [0.25, 0.3) is 0 Å². The van der Waals surface area contributed by atoms with E-state index in [1.54, 1.807) is 0 Å². The van der Waals surface area contributed by atoms with Crippen LogP contribution in [0.1, 0.15) is 17.5 Å². The van der Waals surface area contributed by atoms with Crippen LogP contribution in [0, 0.1) is 0 Å². The lowest BCUT2D eigenvalue weighted by molar-refractivity contribution is 0.837. The van der Waals surface area contributed by atoms with Crippen LogP contribution in [0.2, 0.25) is 10.0 Å². The number of para-hydroxylation sites is 5. The van der Waals surface area contributed by atoms with Crippen LogP contribution in [0.15, 0.2) is 255 Å². The summed E-state index contributed by atoms with van der Waals surface area (Å²) in [5.74, 6) is 0. The van der Waals surface area contributed by atoms with Crippen molar-refractivity contribution >= 4 is 79.1 Å². The fourth-order valence-corrected chi connectivity index (χ4v) is 12.1. The van der Waals surface area contributed by atoms with E-state index in [0.29, 0.717) is 10.0 Å². The van der Waals surface area contributed by atoms with Crippen molar-refractivity contribution in [1.82, 2.24) is 4.98 Å². The maximum absolute atomic E-state index is 7.54. The molecule has 11 aromatic carbocycles. The number of rotatable bonds is 10. The number of anilines is 6. The Balaban J connectivity index is 1.02. The van der Waals surface area contributed by atoms with E-state index in [4.69, 9.17) is 23.2 Å². The molecule has 1 aliphatic rings. The first-order chi connectivity index (χ1) is 36.6. The lowest BCUT2D eigenvalue weighted by atomic mass is 9.81. The topological polar surface area (TPSA) is 22.3 Å². The van der Waals surface area contributed by atoms with Gasteiger partial charge in [0.05, 0.1) is 21.1 Å². The highest BCUT2D eigenvalue weighted by atomic mass is 35.5. The van der Waals surface area contributed by atoms with Crippen LogP contribution in [0.5, 0.6) is 0 Å². The van der Waals surface area contributed by atoms with E-state index in [1.807, 2.05) is 12.1 Å². The second-order valence-electron chi connectivity index (χ2n) is 19.0. The Hall–Kier alpha value is -8.60. The molecule has 0 saturated heterocycles. The second kappa shape index (κ2) is 19.4. The summed E-state index contributed by atoms with van der Waals surface area (Å²) in [6.07, 6.45) is 2.78. The highest BCUT2D eigenvalue weighted by Gasteiger charge is 2.30. The highest BCUT2D eigenvalue weighted by Crippen LogP contribution is 2.53. The van der Waals surface area contributed by atoms with Crippen LogP contribution in [0.3, 0.4) is 0 Å². The third kappa shape index (κ3) is 8.02. The molecule has 0 aliphatic heterocycles. The van der Waals surface area contributed by atoms with Gasteiger partial charge in [0.15, 0.2) is 0 Å². The average Bonchev–Trinajstić information content (AvgIpc) is 3.81. The second-order valence-corrected chi connectivity index (χ2v) is 19.8. The number of aromatic amines is 1. The number of aromatic nitrogens is 1. The number of fused-ring (bicyclic) bond motifs is 6. The van der Waals surface area contributed by atoms with E-state index in [1.165, 1.54) is 44.3 Å². The van der Waals surface area contributed by atoms with Crippen molar-refractivity contribution in [2.24, 2.45) is 0 Å². The van der Waals surface area contributed by atoms with E-state index < -0.39 is 0 Å². The van der Waals surface area contributed by atoms with E-state index >= 15 is 0 Å². The van der Waals surface area contributed by atoms with Crippen molar-refractivity contribution in [2.45, 2.75) is 19.3 Å². The van der Waals surface area contributed by atoms with Crippen molar-refractivity contribution in [3.05, 3.63) is 276 Å². The number of halogens is 2. The van der Waals surface area contributed by atoms with Gasteiger partial charge >= 0.3 is 0 Å². The predicted octanol–water partition coefficient (Wildman–Crippen LogP) is 20.4. The summed E-state index contributed by atoms with van der Waals surface area (Å²) in [5.41, 5.74) is 22.6. The van der Waals surface area contributed by atoms with Crippen LogP contribution in [0.25, 0.3) is 77.4 Å². The third-order valence-electron chi connectivity index (χ3n) is 14.7. The molecule has 0 amide bonds. The molecule has 0 spiro atoms. The zero-order valence-electron chi connectivity index (χ0n) is 40.5. The molecule has 0 atom stereocenters. The van der Waals surface area contributed by atoms with E-state index in [9.17, 15) is 0 Å². The summed E-state index contributed by atoms with van der Waals surface area (Å²) >= 11 is 15.1. The fraction of sp³-hybridized carbons (Fsp3) is 0.0435. The summed E-state index contributed by atoms with van der Waals surface area (Å²) in [6, 6.07) is 90.4. The normalized spacial score (nSPS) is 12.0. The van der Waals surface area contributed by atoms with Gasteiger partial charge in [-0.25, -0.2) is 0 Å². The summed E-state index contributed by atoms with van der Waals surface area (Å²) in [7, 11) is 0. The average molecular weight is 991 g/mol. The Labute approximate surface area is 442 Å². The molecule has 74 heavy (non-hydrogen) atoms. The molecule has 0 unspecified atom stereocenters. The van der Waals surface area contributed by atoms with Crippen LogP contribution in [-0.2, 0) is 12.8 Å². The molecule has 1 aliphatic carbocycles. The summed E-state index contributed by atoms with van der Waals surface area (Å²) in [4.78, 5) is 8.66. The number of hydrogen-bond acceptors (Lipinski definition) is 2. The number of hydrogen-bond donors (Lipinski definition) is 1. The number of benzene rings is 11. The molecule has 0 bridgehead atoms. The first-order valence-electron chi connectivity index (χ1n) is 25.4. The SMILES string of the molecule is Clc1cc(N(c2ccccc2)c2ccccc2)ccc1-c1cccc2c1CCCc1c-2c(-c2ccccc2)c2[nH]c3c(-c4ccc(N(c5ccccc5)c5ccccc5)cc4Cl)cccc3c2c1-c1ccccc1. The number of nitrogens with one attached hydrogen (secondary N) is 1. The van der Waals surface area contributed by atoms with Gasteiger partial charge in [-0.15, -0.1) is 0 Å². The van der Waals surface area contributed by atoms with E-state index in [2.05, 4.69) is 257 Å². The standard InChI is InChI=1S/C69H49Cl2N3/c70-62-44-52(73(48-26-11-3-12-27-48)49-28-13-4-14-29-49)40-42-56(62)54-34-19-36-58-55(54)35-20-38-60-64(46-22-7-1-8-23-46)67-61-39-21-37-59(68(61)72-69(67)65(66(58)60)47-24-9-2-10-25-47)57-43-41-53(45-63(57)71)74(50-30-15-5-16-31-50)51-32-17-6-18-33-51/h1-19,21-34,36-37,39-45,72H,20,35,38H2. The molecule has 0 fully saturated rings. The van der Waals surface area contributed by atoms with Crippen molar-refractivity contribution < 1.29 is 0 Å². The molecular weight excluding hydrogens is 942 g/mol. The van der Waals surface area contributed by atoms with Gasteiger partial charge in [-0.05, 0) is 137 Å². The molecule has 354 valence electrons. The Bertz CT molecular complexity index is 3910. The smallest absolute Gasteiger partial charge is 0.0557 e. The van der Waals surface area contributed by atoms with E-state index in [0.717, 1.165) is 97.6 Å². The Morgan fingerprint density at radius 2 is 0.730 bits per heavy atom. The number of nitrogens with zero attached hydrogens (tertiary/aromatic N) is 2. The summed E-state index contributed by atoms with van der Waals surface area (Å²) in [5, 5.41) is 3.77. The highest BCUT2D eigenvalue weighted by molar-refractivity contribution is 6.35. The van der Waals surface area contributed by atoms with Crippen LogP contribution in [0.4, 0.5) is 34.1 Å². The molecule has 5 heteroatoms. The molecule has 3 nitrogen and oxygen atoms in total. The predicted molar refractivity (Wildman–Crippen MR) is 314 cm³/mol. The van der Waals surface area contributed by atoms with Crippen molar-refractivity contribution in [3.8, 4) is 55.6 Å². The first-order valence-corrected chi connectivity index (χ1v) is 26.1. The van der Waals surface area contributed by atoms with Crippen molar-refractivity contribution in [2.75, 3.05) is 9.80 Å². The van der Waals surface area contributed by atoms with E-state index in [-0.39, 0.29) is 0 Å². The molecule has 13 rings (SSSR count). The maximum Gasteiger partial charge on any atom is 0.0557 e. The minimum Gasteiger partial charge on any atom is -0.353 e. The van der Waals surface area contributed by atoms with Gasteiger partial charge in [-0.1, -0.05) is 205 Å². The monoisotopic (exact) mass is 989 g/mol. The van der Waals surface area contributed by atoms with Crippen LogP contribution >= 0.6 is 23.2 Å². The van der Waals surface area contributed by atoms with Crippen LogP contribution < -0.4 is 9.80 Å². The third-order valence-corrected chi connectivity index (χ3v) is 15.3. The summed E-state index contributed by atoms with van der Waals surface area (Å²) < 4.78 is 0. The largest absolute Gasteiger partial charge is 0.353 e. The summed E-state index contributed by atoms with van der Waals surface area (Å²) in [6.45, 7) is 0. The van der Waals surface area contributed by atoms with Crippen molar-refractivity contribution in [1.29, 1.82) is 0 Å². The zero-order valence-corrected chi connectivity index (χ0v) is 42.0. The Morgan fingerprint density at radius 1 is 0.311 bits per heavy atom. The maximum atomic E-state index is 7.54. The molecular formula is C69H49Cl2N3. The fourth-order valence-electron chi connectivity index (χ4n) is 11.5. The van der Waals surface area contributed by atoms with Gasteiger partial charge in [0.1, 0.15) is 0 Å². The molecule has 0 saturated carbocycles. The molecule has 12 aromatic rings. The van der Waals surface area contributed by atoms with Gasteiger partial charge in [0.2, 0.25) is 0 Å². The van der Waals surface area contributed by atoms with Crippen molar-refractivity contribution in [3.63, 3.8) is 0 Å². The Morgan fingerprint density at radius 3 is 1.23 bits per heavy atom. The molecule has 1 N–H and O–H groups in total. The lowest BCUT2D eigenvalue weighted by Gasteiger charge is -2.26. The van der Waals surface area contributed by atoms with Gasteiger partial charge < -0.3 is 14.8 Å². The molecule has 0 radical (unpaired) electrons.